The van der Waals surface area contributed by atoms with E-state index in [1.807, 2.05) is 78.9 Å². The average molecular weight is 552 g/mol. The van der Waals surface area contributed by atoms with Crippen LogP contribution in [-0.4, -0.2) is 17.7 Å². The number of benzene rings is 4. The molecule has 2 aliphatic heterocycles. The van der Waals surface area contributed by atoms with Crippen molar-refractivity contribution in [1.29, 1.82) is 0 Å². The second-order valence-electron chi connectivity index (χ2n) is 10.2. The predicted octanol–water partition coefficient (Wildman–Crippen LogP) is 7.98. The molecule has 1 aromatic heterocycles. The van der Waals surface area contributed by atoms with E-state index in [2.05, 4.69) is 77.1 Å². The third kappa shape index (κ3) is 4.83. The van der Waals surface area contributed by atoms with Crippen LogP contribution in [0.1, 0.15) is 35.3 Å². The SMILES string of the molecule is CC(=NC(N=C(N)c1cccc(C2=CC3Nc4c(sc5ccccc45)N3C=C2)c1)c1ccccc1)c1ccccc1. The second kappa shape index (κ2) is 10.6. The van der Waals surface area contributed by atoms with Crippen molar-refractivity contribution in [3.05, 3.63) is 150 Å². The first-order valence-electron chi connectivity index (χ1n) is 13.7. The molecule has 0 fully saturated rings. The summed E-state index contributed by atoms with van der Waals surface area (Å²) < 4.78 is 1.30. The van der Waals surface area contributed by atoms with E-state index < -0.39 is 6.17 Å². The third-order valence-corrected chi connectivity index (χ3v) is 8.70. The van der Waals surface area contributed by atoms with Crippen molar-refractivity contribution in [3.63, 3.8) is 0 Å². The summed E-state index contributed by atoms with van der Waals surface area (Å²) in [4.78, 5) is 12.2. The standard InChI is InChI=1S/C35H29N5S/c1-23(24-11-4-2-5-12-24)37-34(25-13-6-3-7-14-25)39-33(36)28-16-10-15-26(21-28)27-19-20-40-31(22-27)38-32-29-17-8-9-18-30(29)41-35(32)40/h2-22,31,34,38H,1H3,(H2,36,39). The molecule has 4 aromatic carbocycles. The van der Waals surface area contributed by atoms with E-state index in [1.165, 1.54) is 20.8 Å². The van der Waals surface area contributed by atoms with E-state index in [0.717, 1.165) is 33.5 Å². The van der Waals surface area contributed by atoms with Gasteiger partial charge in [-0.3, -0.25) is 4.99 Å². The third-order valence-electron chi connectivity index (χ3n) is 7.51. The maximum Gasteiger partial charge on any atom is 0.167 e. The van der Waals surface area contributed by atoms with Gasteiger partial charge in [0.25, 0.3) is 0 Å². The number of rotatable bonds is 6. The van der Waals surface area contributed by atoms with Crippen LogP contribution in [0.3, 0.4) is 0 Å². The Morgan fingerprint density at radius 1 is 0.854 bits per heavy atom. The van der Waals surface area contributed by atoms with Crippen molar-refractivity contribution in [2.24, 2.45) is 15.7 Å². The second-order valence-corrected chi connectivity index (χ2v) is 11.2. The number of fused-ring (bicyclic) bond motifs is 5. The lowest BCUT2D eigenvalue weighted by Gasteiger charge is -2.25. The van der Waals surface area contributed by atoms with Crippen LogP contribution < -0.4 is 16.0 Å². The van der Waals surface area contributed by atoms with E-state index in [1.54, 1.807) is 0 Å². The van der Waals surface area contributed by atoms with Crippen LogP contribution in [0.5, 0.6) is 0 Å². The molecule has 6 heteroatoms. The molecule has 0 radical (unpaired) electrons. The molecule has 5 nitrogen and oxygen atoms in total. The van der Waals surface area contributed by atoms with E-state index in [4.69, 9.17) is 15.7 Å². The van der Waals surface area contributed by atoms with Gasteiger partial charge in [0.15, 0.2) is 6.17 Å². The molecular weight excluding hydrogens is 522 g/mol. The lowest BCUT2D eigenvalue weighted by atomic mass is 10.00. The molecule has 0 aliphatic carbocycles. The number of allylic oxidation sites excluding steroid dienone is 2. The zero-order valence-corrected chi connectivity index (χ0v) is 23.4. The zero-order valence-electron chi connectivity index (χ0n) is 22.6. The fourth-order valence-corrected chi connectivity index (χ4v) is 6.55. The van der Waals surface area contributed by atoms with Gasteiger partial charge in [0.05, 0.1) is 5.69 Å². The van der Waals surface area contributed by atoms with Gasteiger partial charge < -0.3 is 16.0 Å². The number of amidine groups is 1. The Labute approximate surface area is 243 Å². The molecule has 2 atom stereocenters. The molecule has 0 bridgehead atoms. The van der Waals surface area contributed by atoms with E-state index in [-0.39, 0.29) is 6.17 Å². The summed E-state index contributed by atoms with van der Waals surface area (Å²) in [6.45, 7) is 2.02. The van der Waals surface area contributed by atoms with Gasteiger partial charge in [0.2, 0.25) is 0 Å². The van der Waals surface area contributed by atoms with Gasteiger partial charge >= 0.3 is 0 Å². The lowest BCUT2D eigenvalue weighted by Crippen LogP contribution is -2.31. The van der Waals surface area contributed by atoms with Gasteiger partial charge in [-0.25, -0.2) is 4.99 Å². The molecule has 5 aromatic rings. The molecule has 3 N–H and O–H groups in total. The number of hydrogen-bond donors (Lipinski definition) is 2. The Kier molecular flexibility index (Phi) is 6.45. The summed E-state index contributed by atoms with van der Waals surface area (Å²) in [5.74, 6) is 0.458. The van der Waals surface area contributed by atoms with Crippen molar-refractivity contribution in [3.8, 4) is 0 Å². The Morgan fingerprint density at radius 3 is 2.41 bits per heavy atom. The minimum atomic E-state index is -0.445. The van der Waals surface area contributed by atoms with Crippen LogP contribution in [0.2, 0.25) is 0 Å². The van der Waals surface area contributed by atoms with Gasteiger partial charge in [-0.1, -0.05) is 97.1 Å². The molecule has 7 rings (SSSR count). The number of hydrogen-bond acceptors (Lipinski definition) is 5. The topological polar surface area (TPSA) is 66.0 Å². The molecular formula is C35H29N5S. The van der Waals surface area contributed by atoms with E-state index in [9.17, 15) is 0 Å². The number of anilines is 2. The Balaban J connectivity index is 1.18. The van der Waals surface area contributed by atoms with E-state index in [0.29, 0.717) is 5.84 Å². The van der Waals surface area contributed by atoms with Crippen molar-refractivity contribution in [2.45, 2.75) is 19.3 Å². The molecule has 2 aliphatic rings. The van der Waals surface area contributed by atoms with Crippen LogP contribution in [0.4, 0.5) is 10.7 Å². The fourth-order valence-electron chi connectivity index (χ4n) is 5.36. The molecule has 41 heavy (non-hydrogen) atoms. The normalized spacial score (nSPS) is 17.1. The summed E-state index contributed by atoms with van der Waals surface area (Å²) in [5.41, 5.74) is 13.9. The Bertz CT molecular complexity index is 1850. The van der Waals surface area contributed by atoms with Crippen LogP contribution in [0, 0.1) is 0 Å². The highest BCUT2D eigenvalue weighted by Crippen LogP contribution is 2.49. The van der Waals surface area contributed by atoms with Crippen molar-refractivity contribution in [1.82, 2.24) is 0 Å². The Morgan fingerprint density at radius 2 is 1.59 bits per heavy atom. The number of thiophene rings is 1. The summed E-state index contributed by atoms with van der Waals surface area (Å²) in [5, 5.41) is 6.25. The summed E-state index contributed by atoms with van der Waals surface area (Å²) in [7, 11) is 0. The van der Waals surface area contributed by atoms with Crippen molar-refractivity contribution < 1.29 is 0 Å². The van der Waals surface area contributed by atoms with Gasteiger partial charge in [-0.05, 0) is 53.5 Å². The van der Waals surface area contributed by atoms with Crippen LogP contribution in [-0.2, 0) is 0 Å². The van der Waals surface area contributed by atoms with Crippen LogP contribution >= 0.6 is 11.3 Å². The van der Waals surface area contributed by atoms with Crippen molar-refractivity contribution >= 4 is 49.2 Å². The number of aliphatic imine (C=N–C) groups is 2. The maximum atomic E-state index is 6.65. The summed E-state index contributed by atoms with van der Waals surface area (Å²) >= 11 is 1.82. The van der Waals surface area contributed by atoms with Gasteiger partial charge in [0.1, 0.15) is 17.0 Å². The first-order chi connectivity index (χ1) is 20.1. The largest absolute Gasteiger partial charge is 0.383 e. The monoisotopic (exact) mass is 551 g/mol. The maximum absolute atomic E-state index is 6.65. The zero-order chi connectivity index (χ0) is 27.8. The number of nitrogens with one attached hydrogen (secondary N) is 1. The quantitative estimate of drug-likeness (QED) is 0.166. The summed E-state index contributed by atoms with van der Waals surface area (Å²) in [6, 6.07) is 37.1. The first kappa shape index (κ1) is 25.1. The Hall–Kier alpha value is -4.94. The smallest absolute Gasteiger partial charge is 0.167 e. The average Bonchev–Trinajstić information content (AvgIpc) is 3.57. The molecule has 0 spiro atoms. The van der Waals surface area contributed by atoms with Gasteiger partial charge in [-0.2, -0.15) is 0 Å². The minimum absolute atomic E-state index is 0.0771. The highest BCUT2D eigenvalue weighted by atomic mass is 32.1. The van der Waals surface area contributed by atoms with Crippen molar-refractivity contribution in [2.75, 3.05) is 10.2 Å². The number of nitrogens with zero attached hydrogens (tertiary/aromatic N) is 3. The first-order valence-corrected chi connectivity index (χ1v) is 14.5. The predicted molar refractivity (Wildman–Crippen MR) is 174 cm³/mol. The highest BCUT2D eigenvalue weighted by molar-refractivity contribution is 7.23. The molecule has 0 saturated carbocycles. The summed E-state index contributed by atoms with van der Waals surface area (Å²) in [6.07, 6.45) is 6.25. The molecule has 2 unspecified atom stereocenters. The van der Waals surface area contributed by atoms with Crippen LogP contribution in [0.25, 0.3) is 15.7 Å². The molecule has 0 saturated heterocycles. The van der Waals surface area contributed by atoms with E-state index >= 15 is 0 Å². The lowest BCUT2D eigenvalue weighted by molar-refractivity contribution is 0.777. The number of nitrogens with two attached hydrogens (primary N) is 1. The minimum Gasteiger partial charge on any atom is -0.383 e. The molecule has 200 valence electrons. The fraction of sp³-hybridized carbons (Fsp3) is 0.0857. The molecule has 0 amide bonds. The van der Waals surface area contributed by atoms with Gasteiger partial charge in [-0.15, -0.1) is 11.3 Å². The highest BCUT2D eigenvalue weighted by Gasteiger charge is 2.31. The molecule has 3 heterocycles. The van der Waals surface area contributed by atoms with Crippen LogP contribution in [0.15, 0.2) is 138 Å². The van der Waals surface area contributed by atoms with Gasteiger partial charge in [0, 0.05) is 27.6 Å².